The number of carbonyl (C=O) groups excluding carboxylic acids is 2. The number of anilines is 2. The van der Waals surface area contributed by atoms with Crippen molar-refractivity contribution >= 4 is 35.0 Å². The summed E-state index contributed by atoms with van der Waals surface area (Å²) in [4.78, 5) is 30.0. The van der Waals surface area contributed by atoms with Gasteiger partial charge in [0, 0.05) is 21.5 Å². The molecule has 6 heteroatoms. The van der Waals surface area contributed by atoms with Crippen molar-refractivity contribution in [1.29, 1.82) is 0 Å². The van der Waals surface area contributed by atoms with E-state index in [1.54, 1.807) is 30.0 Å². The second-order valence-corrected chi connectivity index (χ2v) is 8.91. The number of carbonyl (C=O) groups is 2. The number of amides is 2. The van der Waals surface area contributed by atoms with Crippen LogP contribution in [0.2, 0.25) is 0 Å². The normalized spacial score (nSPS) is 15.9. The predicted octanol–water partition coefficient (Wildman–Crippen LogP) is 6.13. The van der Waals surface area contributed by atoms with Crippen molar-refractivity contribution in [3.63, 3.8) is 0 Å². The zero-order chi connectivity index (χ0) is 21.4. The Morgan fingerprint density at radius 2 is 1.71 bits per heavy atom. The summed E-state index contributed by atoms with van der Waals surface area (Å²) in [6, 6.07) is 19.3. The summed E-state index contributed by atoms with van der Waals surface area (Å²) >= 11 is 1.56. The average molecular weight is 433 g/mol. The van der Waals surface area contributed by atoms with Gasteiger partial charge in [-0.15, -0.1) is 0 Å². The van der Waals surface area contributed by atoms with Crippen LogP contribution < -0.4 is 10.2 Å². The summed E-state index contributed by atoms with van der Waals surface area (Å²) in [5.41, 5.74) is 2.02. The Morgan fingerprint density at radius 1 is 0.968 bits per heavy atom. The molecule has 4 nitrogen and oxygen atoms in total. The fourth-order valence-corrected chi connectivity index (χ4v) is 5.38. The van der Waals surface area contributed by atoms with Gasteiger partial charge in [0.05, 0.1) is 16.8 Å². The molecule has 2 aliphatic rings. The van der Waals surface area contributed by atoms with Gasteiger partial charge >= 0.3 is 0 Å². The first-order valence-electron chi connectivity index (χ1n) is 10.4. The molecule has 0 aromatic heterocycles. The Bertz CT molecular complexity index is 1170. The average Bonchev–Trinajstić information content (AvgIpc) is 3.26. The van der Waals surface area contributed by atoms with Crippen molar-refractivity contribution in [3.8, 4) is 0 Å². The maximum atomic E-state index is 14.0. The van der Waals surface area contributed by atoms with Gasteiger partial charge in [-0.2, -0.15) is 0 Å². The molecule has 3 aromatic carbocycles. The van der Waals surface area contributed by atoms with Gasteiger partial charge in [-0.25, -0.2) is 4.39 Å². The smallest absolute Gasteiger partial charge is 0.259 e. The van der Waals surface area contributed by atoms with Crippen LogP contribution in [0.5, 0.6) is 0 Å². The van der Waals surface area contributed by atoms with Crippen molar-refractivity contribution in [3.05, 3.63) is 83.7 Å². The number of hydrogen-bond donors (Lipinski definition) is 1. The molecule has 1 fully saturated rings. The lowest BCUT2D eigenvalue weighted by atomic mass is 10.1. The lowest BCUT2D eigenvalue weighted by molar-refractivity contribution is 0.0973. The largest absolute Gasteiger partial charge is 0.322 e. The SMILES string of the molecule is O=C(Nc1ccc2c(c1)N(C1CCCC1)C(=O)c1ccccc1S2)c1ccccc1F. The third kappa shape index (κ3) is 3.72. The lowest BCUT2D eigenvalue weighted by Gasteiger charge is -2.29. The number of fused-ring (bicyclic) bond motifs is 2. The minimum absolute atomic E-state index is 0.00803. The van der Waals surface area contributed by atoms with E-state index in [-0.39, 0.29) is 17.5 Å². The maximum absolute atomic E-state index is 14.0. The second kappa shape index (κ2) is 8.19. The van der Waals surface area contributed by atoms with E-state index in [0.717, 1.165) is 41.2 Å². The zero-order valence-corrected chi connectivity index (χ0v) is 17.6. The van der Waals surface area contributed by atoms with Crippen molar-refractivity contribution < 1.29 is 14.0 Å². The highest BCUT2D eigenvalue weighted by atomic mass is 32.2. The summed E-state index contributed by atoms with van der Waals surface area (Å²) in [6.45, 7) is 0. The van der Waals surface area contributed by atoms with Crippen LogP contribution in [0.25, 0.3) is 0 Å². The highest BCUT2D eigenvalue weighted by Gasteiger charge is 2.34. The number of rotatable bonds is 3. The van der Waals surface area contributed by atoms with E-state index in [4.69, 9.17) is 0 Å². The third-order valence-electron chi connectivity index (χ3n) is 5.84. The first-order chi connectivity index (χ1) is 15.1. The number of nitrogens with zero attached hydrogens (tertiary/aromatic N) is 1. The second-order valence-electron chi connectivity index (χ2n) is 7.83. The highest BCUT2D eigenvalue weighted by Crippen LogP contribution is 2.44. The molecule has 0 radical (unpaired) electrons. The van der Waals surface area contributed by atoms with E-state index < -0.39 is 11.7 Å². The fraction of sp³-hybridized carbons (Fsp3) is 0.200. The van der Waals surface area contributed by atoms with Crippen LogP contribution in [0.3, 0.4) is 0 Å². The zero-order valence-electron chi connectivity index (χ0n) is 16.8. The van der Waals surface area contributed by atoms with Gasteiger partial charge in [0.15, 0.2) is 0 Å². The predicted molar refractivity (Wildman–Crippen MR) is 120 cm³/mol. The van der Waals surface area contributed by atoms with E-state index in [1.807, 2.05) is 41.3 Å². The molecule has 1 heterocycles. The summed E-state index contributed by atoms with van der Waals surface area (Å²) < 4.78 is 14.0. The monoisotopic (exact) mass is 432 g/mol. The minimum Gasteiger partial charge on any atom is -0.322 e. The molecule has 31 heavy (non-hydrogen) atoms. The van der Waals surface area contributed by atoms with Crippen LogP contribution in [0.1, 0.15) is 46.4 Å². The van der Waals surface area contributed by atoms with Crippen molar-refractivity contribution in [1.82, 2.24) is 0 Å². The molecule has 2 amide bonds. The third-order valence-corrected chi connectivity index (χ3v) is 6.98. The first kappa shape index (κ1) is 19.8. The van der Waals surface area contributed by atoms with Gasteiger partial charge in [-0.3, -0.25) is 9.59 Å². The maximum Gasteiger partial charge on any atom is 0.259 e. The molecule has 0 saturated heterocycles. The van der Waals surface area contributed by atoms with E-state index >= 15 is 0 Å². The van der Waals surface area contributed by atoms with Gasteiger partial charge in [0.1, 0.15) is 5.82 Å². The molecule has 1 N–H and O–H groups in total. The molecule has 5 rings (SSSR count). The Hall–Kier alpha value is -3.12. The molecular formula is C25H21FN2O2S. The molecule has 0 unspecified atom stereocenters. The van der Waals surface area contributed by atoms with E-state index in [0.29, 0.717) is 11.3 Å². The molecule has 3 aromatic rings. The summed E-state index contributed by atoms with van der Waals surface area (Å²) in [7, 11) is 0. The van der Waals surface area contributed by atoms with Crippen LogP contribution in [0.4, 0.5) is 15.8 Å². The Morgan fingerprint density at radius 3 is 2.52 bits per heavy atom. The molecule has 0 atom stereocenters. The summed E-state index contributed by atoms with van der Waals surface area (Å²) in [5, 5.41) is 2.79. The van der Waals surface area contributed by atoms with Gasteiger partial charge < -0.3 is 10.2 Å². The number of benzene rings is 3. The van der Waals surface area contributed by atoms with Crippen LogP contribution >= 0.6 is 11.8 Å². The van der Waals surface area contributed by atoms with Crippen LogP contribution in [-0.4, -0.2) is 17.9 Å². The first-order valence-corrected chi connectivity index (χ1v) is 11.2. The topological polar surface area (TPSA) is 49.4 Å². The van der Waals surface area contributed by atoms with Gasteiger partial charge in [0.25, 0.3) is 11.8 Å². The highest BCUT2D eigenvalue weighted by molar-refractivity contribution is 7.99. The van der Waals surface area contributed by atoms with Crippen LogP contribution in [0.15, 0.2) is 76.5 Å². The van der Waals surface area contributed by atoms with E-state index in [9.17, 15) is 14.0 Å². The lowest BCUT2D eigenvalue weighted by Crippen LogP contribution is -2.39. The molecule has 0 spiro atoms. The van der Waals surface area contributed by atoms with Gasteiger partial charge in [-0.1, -0.05) is 48.9 Å². The molecule has 1 saturated carbocycles. The molecule has 0 bridgehead atoms. The van der Waals surface area contributed by atoms with E-state index in [1.165, 1.54) is 12.1 Å². The molecule has 1 aliphatic carbocycles. The Labute approximate surface area is 184 Å². The van der Waals surface area contributed by atoms with Crippen molar-refractivity contribution in [2.24, 2.45) is 0 Å². The number of halogens is 1. The quantitative estimate of drug-likeness (QED) is 0.541. The van der Waals surface area contributed by atoms with Gasteiger partial charge in [-0.05, 0) is 55.3 Å². The number of hydrogen-bond acceptors (Lipinski definition) is 3. The number of nitrogens with one attached hydrogen (secondary N) is 1. The summed E-state index contributed by atoms with van der Waals surface area (Å²) in [5.74, 6) is -1.09. The van der Waals surface area contributed by atoms with E-state index in [2.05, 4.69) is 5.32 Å². The molecule has 156 valence electrons. The fourth-order valence-electron chi connectivity index (χ4n) is 4.33. The van der Waals surface area contributed by atoms with Gasteiger partial charge in [0.2, 0.25) is 0 Å². The Kier molecular flexibility index (Phi) is 5.24. The minimum atomic E-state index is -0.566. The Balaban J connectivity index is 1.54. The van der Waals surface area contributed by atoms with Crippen LogP contribution in [0, 0.1) is 5.82 Å². The van der Waals surface area contributed by atoms with Crippen molar-refractivity contribution in [2.45, 2.75) is 41.5 Å². The standard InChI is InChI=1S/C25H21FN2O2S/c26-20-11-5-3-9-18(20)24(29)27-16-13-14-23-21(15-16)28(17-7-1-2-8-17)25(30)19-10-4-6-12-22(19)31-23/h3-6,9-15,17H,1-2,7-8H2,(H,27,29). The summed E-state index contributed by atoms with van der Waals surface area (Å²) in [6.07, 6.45) is 4.12. The van der Waals surface area contributed by atoms with Crippen LogP contribution in [-0.2, 0) is 0 Å². The molecular weight excluding hydrogens is 411 g/mol. The van der Waals surface area contributed by atoms with Crippen molar-refractivity contribution in [2.75, 3.05) is 10.2 Å². The molecule has 1 aliphatic heterocycles.